The van der Waals surface area contributed by atoms with Gasteiger partial charge in [0, 0.05) is 0 Å². The molecule has 0 bridgehead atoms. The summed E-state index contributed by atoms with van der Waals surface area (Å²) in [7, 11) is 0. The van der Waals surface area contributed by atoms with Crippen LogP contribution in [0.25, 0.3) is 0 Å². The molecule has 19 heavy (non-hydrogen) atoms. The molecule has 1 aromatic rings. The second-order valence-corrected chi connectivity index (χ2v) is 5.62. The van der Waals surface area contributed by atoms with Crippen LogP contribution in [0, 0.1) is 0 Å². The van der Waals surface area contributed by atoms with Crippen molar-refractivity contribution in [3.63, 3.8) is 0 Å². The number of hydrogen-bond donors (Lipinski definition) is 2. The van der Waals surface area contributed by atoms with Gasteiger partial charge in [-0.05, 0) is 63.4 Å². The van der Waals surface area contributed by atoms with Gasteiger partial charge in [0.2, 0.25) is 0 Å². The van der Waals surface area contributed by atoms with Crippen molar-refractivity contribution in [1.82, 2.24) is 5.32 Å². The number of rotatable bonds is 8. The molecule has 0 heterocycles. The molecule has 0 aromatic heterocycles. The van der Waals surface area contributed by atoms with Crippen LogP contribution in [-0.4, -0.2) is 24.3 Å². The van der Waals surface area contributed by atoms with Crippen LogP contribution >= 0.6 is 0 Å². The fourth-order valence-electron chi connectivity index (χ4n) is 2.05. The van der Waals surface area contributed by atoms with Gasteiger partial charge in [0.1, 0.15) is 5.75 Å². The topological polar surface area (TPSA) is 41.5 Å². The third kappa shape index (κ3) is 4.51. The summed E-state index contributed by atoms with van der Waals surface area (Å²) < 4.78 is 5.71. The number of nitrogens with one attached hydrogen (secondary N) is 1. The SMILES string of the molecule is CCCNCCC(C)(O)c1ccc(OC2CC2)cc1. The Bertz CT molecular complexity index is 382. The molecule has 0 aliphatic heterocycles. The molecule has 1 unspecified atom stereocenters. The molecule has 0 saturated heterocycles. The van der Waals surface area contributed by atoms with E-state index in [2.05, 4.69) is 12.2 Å². The Hall–Kier alpha value is -1.06. The Labute approximate surface area is 116 Å². The molecule has 1 aliphatic rings. The molecule has 1 aromatic carbocycles. The lowest BCUT2D eigenvalue weighted by Crippen LogP contribution is -2.28. The first-order chi connectivity index (χ1) is 9.12. The van der Waals surface area contributed by atoms with Gasteiger partial charge in [-0.25, -0.2) is 0 Å². The lowest BCUT2D eigenvalue weighted by atomic mass is 9.92. The zero-order valence-corrected chi connectivity index (χ0v) is 12.0. The lowest BCUT2D eigenvalue weighted by molar-refractivity contribution is 0.0480. The number of benzene rings is 1. The largest absolute Gasteiger partial charge is 0.490 e. The first kappa shape index (κ1) is 14.4. The van der Waals surface area contributed by atoms with Crippen LogP contribution in [0.1, 0.15) is 45.1 Å². The van der Waals surface area contributed by atoms with Crippen molar-refractivity contribution in [1.29, 1.82) is 0 Å². The van der Waals surface area contributed by atoms with Gasteiger partial charge >= 0.3 is 0 Å². The molecule has 1 saturated carbocycles. The van der Waals surface area contributed by atoms with Crippen LogP contribution < -0.4 is 10.1 Å². The third-order valence-electron chi connectivity index (χ3n) is 3.52. The smallest absolute Gasteiger partial charge is 0.119 e. The second-order valence-electron chi connectivity index (χ2n) is 5.62. The van der Waals surface area contributed by atoms with Crippen LogP contribution in [-0.2, 0) is 5.60 Å². The van der Waals surface area contributed by atoms with Crippen LogP contribution in [0.15, 0.2) is 24.3 Å². The predicted octanol–water partition coefficient (Wildman–Crippen LogP) is 2.83. The van der Waals surface area contributed by atoms with Crippen molar-refractivity contribution in [2.45, 2.75) is 51.2 Å². The van der Waals surface area contributed by atoms with Crippen LogP contribution in [0.2, 0.25) is 0 Å². The van der Waals surface area contributed by atoms with E-state index < -0.39 is 5.60 Å². The molecule has 1 atom stereocenters. The molecule has 106 valence electrons. The van der Waals surface area contributed by atoms with E-state index in [1.165, 1.54) is 12.8 Å². The Morgan fingerprint density at radius 2 is 1.95 bits per heavy atom. The van der Waals surface area contributed by atoms with Crippen molar-refractivity contribution < 1.29 is 9.84 Å². The molecule has 2 N–H and O–H groups in total. The summed E-state index contributed by atoms with van der Waals surface area (Å²) in [4.78, 5) is 0. The van der Waals surface area contributed by atoms with Crippen molar-refractivity contribution in [3.05, 3.63) is 29.8 Å². The molecule has 2 rings (SSSR count). The first-order valence-electron chi connectivity index (χ1n) is 7.32. The van der Waals surface area contributed by atoms with E-state index >= 15 is 0 Å². The highest BCUT2D eigenvalue weighted by molar-refractivity contribution is 5.31. The summed E-state index contributed by atoms with van der Waals surface area (Å²) >= 11 is 0. The quantitative estimate of drug-likeness (QED) is 0.709. The zero-order valence-electron chi connectivity index (χ0n) is 12.0. The van der Waals surface area contributed by atoms with Gasteiger partial charge in [0.15, 0.2) is 0 Å². The molecule has 1 aliphatic carbocycles. The normalized spacial score (nSPS) is 18.1. The van der Waals surface area contributed by atoms with Gasteiger partial charge in [-0.1, -0.05) is 19.1 Å². The number of ether oxygens (including phenoxy) is 1. The fourth-order valence-corrected chi connectivity index (χ4v) is 2.05. The van der Waals surface area contributed by atoms with Gasteiger partial charge < -0.3 is 15.2 Å². The van der Waals surface area contributed by atoms with Crippen LogP contribution in [0.3, 0.4) is 0 Å². The number of aliphatic hydroxyl groups is 1. The minimum Gasteiger partial charge on any atom is -0.490 e. The molecular formula is C16H25NO2. The third-order valence-corrected chi connectivity index (χ3v) is 3.52. The molecule has 0 spiro atoms. The number of hydrogen-bond acceptors (Lipinski definition) is 3. The maximum absolute atomic E-state index is 10.5. The summed E-state index contributed by atoms with van der Waals surface area (Å²) in [6, 6.07) is 7.86. The Morgan fingerprint density at radius 3 is 2.53 bits per heavy atom. The molecule has 1 fully saturated rings. The maximum Gasteiger partial charge on any atom is 0.119 e. The highest BCUT2D eigenvalue weighted by atomic mass is 16.5. The fraction of sp³-hybridized carbons (Fsp3) is 0.625. The lowest BCUT2D eigenvalue weighted by Gasteiger charge is -2.24. The standard InChI is InChI=1S/C16H25NO2/c1-3-11-17-12-10-16(2,18)13-4-6-14(7-5-13)19-15-8-9-15/h4-7,15,17-18H,3,8-12H2,1-2H3. The van der Waals surface area contributed by atoms with E-state index in [0.717, 1.165) is 37.2 Å². The van der Waals surface area contributed by atoms with E-state index in [1.54, 1.807) is 0 Å². The molecular weight excluding hydrogens is 238 g/mol. The van der Waals surface area contributed by atoms with Gasteiger partial charge in [-0.2, -0.15) is 0 Å². The van der Waals surface area contributed by atoms with Gasteiger partial charge in [-0.3, -0.25) is 0 Å². The highest BCUT2D eigenvalue weighted by Gasteiger charge is 2.25. The predicted molar refractivity (Wildman–Crippen MR) is 77.4 cm³/mol. The minimum absolute atomic E-state index is 0.421. The monoisotopic (exact) mass is 263 g/mol. The summed E-state index contributed by atoms with van der Waals surface area (Å²) in [6.07, 6.45) is 4.60. The van der Waals surface area contributed by atoms with Gasteiger partial charge in [0.05, 0.1) is 11.7 Å². The van der Waals surface area contributed by atoms with Gasteiger partial charge in [-0.15, -0.1) is 0 Å². The average molecular weight is 263 g/mol. The minimum atomic E-state index is -0.779. The average Bonchev–Trinajstić information content (AvgIpc) is 3.19. The van der Waals surface area contributed by atoms with Crippen molar-refractivity contribution in [2.75, 3.05) is 13.1 Å². The molecule has 3 heteroatoms. The molecule has 3 nitrogen and oxygen atoms in total. The second kappa shape index (κ2) is 6.40. The zero-order chi connectivity index (χ0) is 13.7. The summed E-state index contributed by atoms with van der Waals surface area (Å²) in [5.74, 6) is 0.908. The summed E-state index contributed by atoms with van der Waals surface area (Å²) in [6.45, 7) is 5.85. The molecule has 0 radical (unpaired) electrons. The maximum atomic E-state index is 10.5. The van der Waals surface area contributed by atoms with E-state index in [9.17, 15) is 5.11 Å². The summed E-state index contributed by atoms with van der Waals surface area (Å²) in [5.41, 5.74) is 0.174. The van der Waals surface area contributed by atoms with E-state index in [-0.39, 0.29) is 0 Å². The van der Waals surface area contributed by atoms with Crippen LogP contribution in [0.5, 0.6) is 5.75 Å². The van der Waals surface area contributed by atoms with E-state index in [1.807, 2.05) is 31.2 Å². The Kier molecular flexibility index (Phi) is 4.83. The van der Waals surface area contributed by atoms with Crippen molar-refractivity contribution >= 4 is 0 Å². The first-order valence-corrected chi connectivity index (χ1v) is 7.32. The van der Waals surface area contributed by atoms with Crippen molar-refractivity contribution in [3.8, 4) is 5.75 Å². The van der Waals surface area contributed by atoms with Gasteiger partial charge in [0.25, 0.3) is 0 Å². The Balaban J connectivity index is 1.87. The Morgan fingerprint density at radius 1 is 1.26 bits per heavy atom. The summed E-state index contributed by atoms with van der Waals surface area (Å²) in [5, 5.41) is 13.8. The van der Waals surface area contributed by atoms with Crippen LogP contribution in [0.4, 0.5) is 0 Å². The van der Waals surface area contributed by atoms with Crippen molar-refractivity contribution in [2.24, 2.45) is 0 Å². The van der Waals surface area contributed by atoms with E-state index in [0.29, 0.717) is 6.10 Å². The highest BCUT2D eigenvalue weighted by Crippen LogP contribution is 2.29. The molecule has 0 amide bonds. The van der Waals surface area contributed by atoms with E-state index in [4.69, 9.17) is 4.74 Å².